The molecule has 0 bridgehead atoms. The molecule has 0 radical (unpaired) electrons. The summed E-state index contributed by atoms with van der Waals surface area (Å²) < 4.78 is 4.87. The lowest BCUT2D eigenvalue weighted by Gasteiger charge is -2.07. The normalized spacial score (nSPS) is 10.1. The summed E-state index contributed by atoms with van der Waals surface area (Å²) in [5.74, 6) is 0.508. The van der Waals surface area contributed by atoms with E-state index in [1.165, 1.54) is 6.20 Å². The molecule has 0 aromatic carbocycles. The maximum atomic E-state index is 11.5. The van der Waals surface area contributed by atoms with Gasteiger partial charge in [0.15, 0.2) is 0 Å². The summed E-state index contributed by atoms with van der Waals surface area (Å²) in [7, 11) is 1.61. The van der Waals surface area contributed by atoms with Crippen molar-refractivity contribution in [2.75, 3.05) is 24.8 Å². The van der Waals surface area contributed by atoms with Crippen molar-refractivity contribution in [2.24, 2.45) is 0 Å². The third kappa shape index (κ3) is 3.86. The van der Waals surface area contributed by atoms with Gasteiger partial charge in [0.05, 0.1) is 11.9 Å². The fourth-order valence-corrected chi connectivity index (χ4v) is 1.30. The van der Waals surface area contributed by atoms with Gasteiger partial charge in [-0.05, 0) is 25.0 Å². The molecular weight excluding hydrogens is 206 g/mol. The molecule has 88 valence electrons. The molecule has 0 aliphatic rings. The van der Waals surface area contributed by atoms with Crippen molar-refractivity contribution >= 4 is 17.4 Å². The molecule has 16 heavy (non-hydrogen) atoms. The highest BCUT2D eigenvalue weighted by Gasteiger charge is 2.05. The summed E-state index contributed by atoms with van der Waals surface area (Å²) >= 11 is 0. The number of carbonyl (C=O) groups is 1. The van der Waals surface area contributed by atoms with Crippen molar-refractivity contribution in [1.82, 2.24) is 4.98 Å². The minimum atomic E-state index is -0.0579. The number of nitrogens with one attached hydrogen (secondary N) is 1. The Bertz CT molecular complexity index is 366. The number of methoxy groups -OCH3 is 1. The predicted octanol–water partition coefficient (Wildman–Crippen LogP) is 1.34. The van der Waals surface area contributed by atoms with Crippen molar-refractivity contribution in [3.8, 4) is 0 Å². The van der Waals surface area contributed by atoms with E-state index in [0.717, 1.165) is 5.56 Å². The van der Waals surface area contributed by atoms with Gasteiger partial charge in [-0.3, -0.25) is 4.79 Å². The third-order valence-electron chi connectivity index (χ3n) is 2.11. The van der Waals surface area contributed by atoms with Crippen LogP contribution in [0.4, 0.5) is 11.5 Å². The van der Waals surface area contributed by atoms with Gasteiger partial charge in [0.2, 0.25) is 5.91 Å². The number of nitrogens with two attached hydrogens (primary N) is 1. The van der Waals surface area contributed by atoms with E-state index in [4.69, 9.17) is 10.5 Å². The van der Waals surface area contributed by atoms with E-state index in [0.29, 0.717) is 31.0 Å². The first-order valence-corrected chi connectivity index (χ1v) is 5.14. The summed E-state index contributed by atoms with van der Waals surface area (Å²) in [6.45, 7) is 2.44. The van der Waals surface area contributed by atoms with Gasteiger partial charge in [-0.15, -0.1) is 0 Å². The second-order valence-electron chi connectivity index (χ2n) is 3.58. The largest absolute Gasteiger partial charge is 0.397 e. The molecule has 5 heteroatoms. The van der Waals surface area contributed by atoms with Crippen molar-refractivity contribution in [3.63, 3.8) is 0 Å². The molecular formula is C11H17N3O2. The SMILES string of the molecule is COCCCC(=O)Nc1ncc(N)cc1C. The molecule has 0 atom stereocenters. The number of aryl methyl sites for hydroxylation is 1. The smallest absolute Gasteiger partial charge is 0.225 e. The van der Waals surface area contributed by atoms with E-state index in [2.05, 4.69) is 10.3 Å². The number of carbonyl (C=O) groups excluding carboxylic acids is 1. The molecule has 0 saturated carbocycles. The number of nitrogens with zero attached hydrogens (tertiary/aromatic N) is 1. The standard InChI is InChI=1S/C11H17N3O2/c1-8-6-9(12)7-13-11(8)14-10(15)4-3-5-16-2/h6-7H,3-5,12H2,1-2H3,(H,13,14,15). The summed E-state index contributed by atoms with van der Waals surface area (Å²) in [6.07, 6.45) is 2.66. The van der Waals surface area contributed by atoms with E-state index < -0.39 is 0 Å². The molecule has 0 spiro atoms. The Balaban J connectivity index is 2.49. The van der Waals surface area contributed by atoms with E-state index in [-0.39, 0.29) is 5.91 Å². The van der Waals surface area contributed by atoms with Gasteiger partial charge >= 0.3 is 0 Å². The monoisotopic (exact) mass is 223 g/mol. The molecule has 1 heterocycles. The first-order chi connectivity index (χ1) is 7.63. The zero-order valence-electron chi connectivity index (χ0n) is 9.62. The van der Waals surface area contributed by atoms with Crippen LogP contribution in [0.2, 0.25) is 0 Å². The van der Waals surface area contributed by atoms with Gasteiger partial charge in [0.25, 0.3) is 0 Å². The highest BCUT2D eigenvalue weighted by atomic mass is 16.5. The molecule has 0 aliphatic heterocycles. The fourth-order valence-electron chi connectivity index (χ4n) is 1.30. The Hall–Kier alpha value is -1.62. The number of pyridine rings is 1. The molecule has 0 unspecified atom stereocenters. The minimum Gasteiger partial charge on any atom is -0.397 e. The number of aromatic nitrogens is 1. The maximum Gasteiger partial charge on any atom is 0.225 e. The molecule has 1 amide bonds. The highest BCUT2D eigenvalue weighted by molar-refractivity contribution is 5.90. The predicted molar refractivity (Wildman–Crippen MR) is 63.1 cm³/mol. The van der Waals surface area contributed by atoms with Crippen molar-refractivity contribution in [2.45, 2.75) is 19.8 Å². The topological polar surface area (TPSA) is 77.2 Å². The first kappa shape index (κ1) is 12.4. The van der Waals surface area contributed by atoms with Gasteiger partial charge in [-0.2, -0.15) is 0 Å². The van der Waals surface area contributed by atoms with Crippen LogP contribution in [0.1, 0.15) is 18.4 Å². The number of ether oxygens (including phenoxy) is 1. The number of anilines is 2. The Morgan fingerprint density at radius 2 is 2.38 bits per heavy atom. The number of hydrogen-bond donors (Lipinski definition) is 2. The van der Waals surface area contributed by atoms with Crippen molar-refractivity contribution in [3.05, 3.63) is 17.8 Å². The van der Waals surface area contributed by atoms with Crippen LogP contribution < -0.4 is 11.1 Å². The zero-order valence-corrected chi connectivity index (χ0v) is 9.62. The van der Waals surface area contributed by atoms with Crippen LogP contribution in [0.3, 0.4) is 0 Å². The Morgan fingerprint density at radius 1 is 1.62 bits per heavy atom. The number of hydrogen-bond acceptors (Lipinski definition) is 4. The summed E-state index contributed by atoms with van der Waals surface area (Å²) in [4.78, 5) is 15.5. The summed E-state index contributed by atoms with van der Waals surface area (Å²) in [5.41, 5.74) is 7.02. The van der Waals surface area contributed by atoms with Crippen LogP contribution >= 0.6 is 0 Å². The van der Waals surface area contributed by atoms with Crippen molar-refractivity contribution < 1.29 is 9.53 Å². The number of nitrogen functional groups attached to an aromatic ring is 1. The maximum absolute atomic E-state index is 11.5. The van der Waals surface area contributed by atoms with E-state index >= 15 is 0 Å². The second kappa shape index (κ2) is 6.07. The minimum absolute atomic E-state index is 0.0579. The molecule has 0 saturated heterocycles. The lowest BCUT2D eigenvalue weighted by Crippen LogP contribution is -2.14. The molecule has 0 aliphatic carbocycles. The van der Waals surface area contributed by atoms with Crippen LogP contribution in [-0.2, 0) is 9.53 Å². The van der Waals surface area contributed by atoms with Crippen molar-refractivity contribution in [1.29, 1.82) is 0 Å². The van der Waals surface area contributed by atoms with Gasteiger partial charge in [-0.25, -0.2) is 4.98 Å². The van der Waals surface area contributed by atoms with E-state index in [1.807, 2.05) is 6.92 Å². The van der Waals surface area contributed by atoms with Gasteiger partial charge in [0, 0.05) is 20.1 Å². The average Bonchev–Trinajstić information content (AvgIpc) is 2.23. The van der Waals surface area contributed by atoms with Crippen LogP contribution in [0.25, 0.3) is 0 Å². The van der Waals surface area contributed by atoms with Gasteiger partial charge in [-0.1, -0.05) is 0 Å². The molecule has 1 rings (SSSR count). The average molecular weight is 223 g/mol. The van der Waals surface area contributed by atoms with Crippen LogP contribution in [-0.4, -0.2) is 24.6 Å². The van der Waals surface area contributed by atoms with Gasteiger partial charge in [0.1, 0.15) is 5.82 Å². The Kier molecular flexibility index (Phi) is 4.72. The number of amides is 1. The molecule has 0 fully saturated rings. The third-order valence-corrected chi connectivity index (χ3v) is 2.11. The second-order valence-corrected chi connectivity index (χ2v) is 3.58. The van der Waals surface area contributed by atoms with E-state index in [1.54, 1.807) is 13.2 Å². The fraction of sp³-hybridized carbons (Fsp3) is 0.455. The molecule has 1 aromatic heterocycles. The van der Waals surface area contributed by atoms with Crippen LogP contribution in [0.15, 0.2) is 12.3 Å². The van der Waals surface area contributed by atoms with Gasteiger partial charge < -0.3 is 15.8 Å². The first-order valence-electron chi connectivity index (χ1n) is 5.14. The Morgan fingerprint density at radius 3 is 3.00 bits per heavy atom. The lowest BCUT2D eigenvalue weighted by atomic mass is 10.2. The molecule has 3 N–H and O–H groups in total. The van der Waals surface area contributed by atoms with Crippen LogP contribution in [0, 0.1) is 6.92 Å². The summed E-state index contributed by atoms with van der Waals surface area (Å²) in [6, 6.07) is 1.78. The zero-order chi connectivity index (χ0) is 12.0. The number of rotatable bonds is 5. The lowest BCUT2D eigenvalue weighted by molar-refractivity contribution is -0.116. The highest BCUT2D eigenvalue weighted by Crippen LogP contribution is 2.14. The molecule has 1 aromatic rings. The molecule has 5 nitrogen and oxygen atoms in total. The quantitative estimate of drug-likeness (QED) is 0.738. The summed E-state index contributed by atoms with van der Waals surface area (Å²) in [5, 5.41) is 2.74. The van der Waals surface area contributed by atoms with Crippen LogP contribution in [0.5, 0.6) is 0 Å². The Labute approximate surface area is 95.0 Å². The van der Waals surface area contributed by atoms with E-state index in [9.17, 15) is 4.79 Å².